The van der Waals surface area contributed by atoms with Gasteiger partial charge in [0.15, 0.2) is 5.82 Å². The van der Waals surface area contributed by atoms with Crippen molar-refractivity contribution in [3.05, 3.63) is 47.9 Å². The van der Waals surface area contributed by atoms with Crippen molar-refractivity contribution >= 4 is 11.8 Å². The van der Waals surface area contributed by atoms with Gasteiger partial charge in [0.05, 0.1) is 10.9 Å². The van der Waals surface area contributed by atoms with Crippen LogP contribution in [0, 0.1) is 0 Å². The Hall–Kier alpha value is -2.15. The van der Waals surface area contributed by atoms with Gasteiger partial charge < -0.3 is 4.52 Å². The first-order chi connectivity index (χ1) is 12.4. The van der Waals surface area contributed by atoms with E-state index in [4.69, 9.17) is 14.6 Å². The summed E-state index contributed by atoms with van der Waals surface area (Å²) in [6.45, 7) is 8.27. The average Bonchev–Trinajstić information content (AvgIpc) is 3.16. The molecule has 4 rings (SSSR count). The van der Waals surface area contributed by atoms with E-state index in [0.717, 1.165) is 22.5 Å². The Bertz CT molecular complexity index is 892. The molecular formula is C19H23N5OS. The van der Waals surface area contributed by atoms with Crippen LogP contribution in [0.1, 0.15) is 69.2 Å². The topological polar surface area (TPSA) is 69.6 Å². The van der Waals surface area contributed by atoms with Crippen molar-refractivity contribution in [2.75, 3.05) is 0 Å². The fourth-order valence-corrected chi connectivity index (χ4v) is 3.42. The number of thioether (sulfide) groups is 1. The highest BCUT2D eigenvalue weighted by molar-refractivity contribution is 7.99. The third-order valence-corrected chi connectivity index (χ3v) is 5.24. The molecule has 1 atom stereocenters. The van der Waals surface area contributed by atoms with E-state index in [1.165, 1.54) is 12.8 Å². The van der Waals surface area contributed by atoms with Crippen molar-refractivity contribution in [3.8, 4) is 5.69 Å². The molecule has 1 aliphatic rings. The van der Waals surface area contributed by atoms with E-state index in [9.17, 15) is 0 Å². The molecule has 0 bridgehead atoms. The van der Waals surface area contributed by atoms with Gasteiger partial charge in [-0.3, -0.25) is 0 Å². The molecular weight excluding hydrogens is 346 g/mol. The van der Waals surface area contributed by atoms with Gasteiger partial charge in [-0.2, -0.15) is 4.98 Å². The predicted octanol–water partition coefficient (Wildman–Crippen LogP) is 4.68. The molecule has 0 aliphatic heterocycles. The lowest BCUT2D eigenvalue weighted by Crippen LogP contribution is -2.13. The summed E-state index contributed by atoms with van der Waals surface area (Å²) in [5.74, 6) is 2.90. The lowest BCUT2D eigenvalue weighted by molar-refractivity contribution is 0.364. The zero-order valence-electron chi connectivity index (χ0n) is 15.5. The Balaban J connectivity index is 1.58. The largest absolute Gasteiger partial charge is 0.338 e. The van der Waals surface area contributed by atoms with Crippen LogP contribution in [0.3, 0.4) is 0 Å². The van der Waals surface area contributed by atoms with Crippen LogP contribution in [-0.4, -0.2) is 24.9 Å². The summed E-state index contributed by atoms with van der Waals surface area (Å²) in [5, 5.41) is 9.60. The molecule has 2 aromatic heterocycles. The molecule has 0 radical (unpaired) electrons. The minimum atomic E-state index is -0.127. The second-order valence-electron chi connectivity index (χ2n) is 7.74. The molecule has 3 aromatic rings. The van der Waals surface area contributed by atoms with Crippen LogP contribution in [0.5, 0.6) is 0 Å². The van der Waals surface area contributed by atoms with Crippen LogP contribution in [0.2, 0.25) is 0 Å². The highest BCUT2D eigenvalue weighted by atomic mass is 32.2. The monoisotopic (exact) mass is 369 g/mol. The molecule has 136 valence electrons. The lowest BCUT2D eigenvalue weighted by Gasteiger charge is -2.11. The van der Waals surface area contributed by atoms with Crippen molar-refractivity contribution in [1.29, 1.82) is 0 Å². The number of hydrogen-bond acceptors (Lipinski definition) is 6. The van der Waals surface area contributed by atoms with Crippen molar-refractivity contribution in [2.45, 2.75) is 62.3 Å². The predicted molar refractivity (Wildman–Crippen MR) is 101 cm³/mol. The van der Waals surface area contributed by atoms with Crippen LogP contribution in [0.4, 0.5) is 0 Å². The number of aromatic nitrogens is 5. The second-order valence-corrected chi connectivity index (χ2v) is 9.05. The van der Waals surface area contributed by atoms with E-state index < -0.39 is 0 Å². The molecule has 0 amide bonds. The summed E-state index contributed by atoms with van der Waals surface area (Å²) in [5.41, 5.74) is 0.924. The van der Waals surface area contributed by atoms with Gasteiger partial charge in [0.25, 0.3) is 0 Å². The summed E-state index contributed by atoms with van der Waals surface area (Å²) in [6.07, 6.45) is 2.37. The normalized spacial score (nSPS) is 16.0. The maximum atomic E-state index is 5.46. The van der Waals surface area contributed by atoms with Gasteiger partial charge in [-0.05, 0) is 31.9 Å². The molecule has 1 aliphatic carbocycles. The first-order valence-corrected chi connectivity index (χ1v) is 9.83. The summed E-state index contributed by atoms with van der Waals surface area (Å²) in [6, 6.07) is 10.2. The van der Waals surface area contributed by atoms with Crippen molar-refractivity contribution in [3.63, 3.8) is 0 Å². The van der Waals surface area contributed by atoms with Gasteiger partial charge in [-0.15, -0.1) is 5.10 Å². The highest BCUT2D eigenvalue weighted by Gasteiger charge is 2.31. The molecule has 1 saturated carbocycles. The van der Waals surface area contributed by atoms with E-state index >= 15 is 0 Å². The first kappa shape index (κ1) is 17.3. The van der Waals surface area contributed by atoms with E-state index in [1.54, 1.807) is 11.8 Å². The quantitative estimate of drug-likeness (QED) is 0.608. The van der Waals surface area contributed by atoms with E-state index in [0.29, 0.717) is 11.8 Å². The summed E-state index contributed by atoms with van der Waals surface area (Å²) in [7, 11) is 0. The molecule has 7 heteroatoms. The van der Waals surface area contributed by atoms with Gasteiger partial charge in [0.2, 0.25) is 11.0 Å². The lowest BCUT2D eigenvalue weighted by atomic mass is 9.96. The molecule has 0 N–H and O–H groups in total. The number of para-hydroxylation sites is 1. The third-order valence-electron chi connectivity index (χ3n) is 4.30. The van der Waals surface area contributed by atoms with Gasteiger partial charge >= 0.3 is 0 Å². The standard InChI is InChI=1S/C19H23N5OS/c1-12(16-21-17(23-25-16)19(2,3)4)26-18-20-15(13-10-11-13)24(22-18)14-8-6-5-7-9-14/h5-9,12-13H,10-11H2,1-4H3/t12-/m0/s1. The van der Waals surface area contributed by atoms with E-state index in [2.05, 4.69) is 43.0 Å². The van der Waals surface area contributed by atoms with E-state index in [1.807, 2.05) is 29.8 Å². The van der Waals surface area contributed by atoms with Gasteiger partial charge in [-0.25, -0.2) is 9.67 Å². The first-order valence-electron chi connectivity index (χ1n) is 8.95. The molecule has 1 fully saturated rings. The maximum Gasteiger partial charge on any atom is 0.239 e. The number of hydrogen-bond donors (Lipinski definition) is 0. The molecule has 0 unspecified atom stereocenters. The Morgan fingerprint density at radius 1 is 1.15 bits per heavy atom. The van der Waals surface area contributed by atoms with Crippen molar-refractivity contribution in [2.24, 2.45) is 0 Å². The molecule has 0 spiro atoms. The van der Waals surface area contributed by atoms with Crippen molar-refractivity contribution in [1.82, 2.24) is 24.9 Å². The van der Waals surface area contributed by atoms with Gasteiger partial charge in [-0.1, -0.05) is 55.9 Å². The smallest absolute Gasteiger partial charge is 0.239 e. The molecule has 0 saturated heterocycles. The minimum absolute atomic E-state index is 0.00252. The van der Waals surface area contributed by atoms with Crippen LogP contribution in [0.15, 0.2) is 40.0 Å². The average molecular weight is 369 g/mol. The minimum Gasteiger partial charge on any atom is -0.338 e. The number of rotatable bonds is 5. The SMILES string of the molecule is C[C@H](Sc1nc(C2CC2)n(-c2ccccc2)n1)c1nc(C(C)(C)C)no1. The Kier molecular flexibility index (Phi) is 4.34. The van der Waals surface area contributed by atoms with Crippen LogP contribution >= 0.6 is 11.8 Å². The zero-order valence-corrected chi connectivity index (χ0v) is 16.3. The summed E-state index contributed by atoms with van der Waals surface area (Å²) < 4.78 is 7.44. The second kappa shape index (κ2) is 6.54. The van der Waals surface area contributed by atoms with Crippen LogP contribution in [0.25, 0.3) is 5.69 Å². The highest BCUT2D eigenvalue weighted by Crippen LogP contribution is 2.41. The maximum absolute atomic E-state index is 5.46. The summed E-state index contributed by atoms with van der Waals surface area (Å²) in [4.78, 5) is 9.35. The molecule has 1 aromatic carbocycles. The van der Waals surface area contributed by atoms with E-state index in [-0.39, 0.29) is 10.7 Å². The fraction of sp³-hybridized carbons (Fsp3) is 0.474. The zero-order chi connectivity index (χ0) is 18.3. The molecule has 2 heterocycles. The van der Waals surface area contributed by atoms with Gasteiger partial charge in [0.1, 0.15) is 5.82 Å². The van der Waals surface area contributed by atoms with Crippen molar-refractivity contribution < 1.29 is 4.52 Å². The third kappa shape index (κ3) is 3.53. The molecule has 26 heavy (non-hydrogen) atoms. The van der Waals surface area contributed by atoms with Crippen LogP contribution in [-0.2, 0) is 5.41 Å². The Morgan fingerprint density at radius 3 is 2.50 bits per heavy atom. The molecule has 6 nitrogen and oxygen atoms in total. The Morgan fingerprint density at radius 2 is 1.88 bits per heavy atom. The summed E-state index contributed by atoms with van der Waals surface area (Å²) >= 11 is 1.56. The fourth-order valence-electron chi connectivity index (χ4n) is 2.63. The van der Waals surface area contributed by atoms with Gasteiger partial charge in [0, 0.05) is 11.3 Å². The van der Waals surface area contributed by atoms with Crippen LogP contribution < -0.4 is 0 Å². The number of nitrogens with zero attached hydrogens (tertiary/aromatic N) is 5. The number of benzene rings is 1. The Labute approximate surface area is 157 Å².